The van der Waals surface area contributed by atoms with E-state index in [1.807, 2.05) is 60.7 Å². The lowest BCUT2D eigenvalue weighted by Gasteiger charge is -2.21. The lowest BCUT2D eigenvalue weighted by atomic mass is 10.1. The maximum Gasteiger partial charge on any atom is 0.233 e. The van der Waals surface area contributed by atoms with E-state index in [4.69, 9.17) is 10.6 Å². The van der Waals surface area contributed by atoms with Crippen molar-refractivity contribution in [2.24, 2.45) is 5.73 Å². The summed E-state index contributed by atoms with van der Waals surface area (Å²) in [6.07, 6.45) is 1.38. The van der Waals surface area contributed by atoms with Crippen molar-refractivity contribution in [2.45, 2.75) is 19.1 Å². The van der Waals surface area contributed by atoms with Crippen molar-refractivity contribution in [3.8, 4) is 0 Å². The van der Waals surface area contributed by atoms with E-state index >= 15 is 0 Å². The highest BCUT2D eigenvalue weighted by Gasteiger charge is 2.10. The second-order valence-corrected chi connectivity index (χ2v) is 4.91. The first-order chi connectivity index (χ1) is 10.3. The Morgan fingerprint density at radius 2 is 1.57 bits per heavy atom. The second-order valence-electron chi connectivity index (χ2n) is 4.91. The van der Waals surface area contributed by atoms with E-state index in [0.29, 0.717) is 26.0 Å². The first-order valence-electron chi connectivity index (χ1n) is 6.96. The Hall–Kier alpha value is -2.17. The molecule has 0 aliphatic carbocycles. The Morgan fingerprint density at radius 1 is 1.00 bits per heavy atom. The molecule has 2 aromatic carbocycles. The first-order valence-corrected chi connectivity index (χ1v) is 6.96. The fourth-order valence-corrected chi connectivity index (χ4v) is 2.07. The standard InChI is InChI=1S/C17H20N2O2/c18-17(11-15-7-3-1-4-8-15)12-19(14-20)21-13-16-9-5-2-6-10-16/h1-10,14,17H,11-13,18H2/t17-/m1/s1. The van der Waals surface area contributed by atoms with E-state index in [1.165, 1.54) is 5.06 Å². The Labute approximate surface area is 125 Å². The fourth-order valence-electron chi connectivity index (χ4n) is 2.07. The van der Waals surface area contributed by atoms with Gasteiger partial charge in [0.15, 0.2) is 0 Å². The molecule has 0 aliphatic rings. The number of hydroxylamine groups is 2. The van der Waals surface area contributed by atoms with Gasteiger partial charge in [0.1, 0.15) is 6.61 Å². The van der Waals surface area contributed by atoms with Crippen LogP contribution in [-0.2, 0) is 22.7 Å². The van der Waals surface area contributed by atoms with Crippen LogP contribution < -0.4 is 5.73 Å². The first kappa shape index (κ1) is 15.2. The summed E-state index contributed by atoms with van der Waals surface area (Å²) in [6, 6.07) is 19.5. The van der Waals surface area contributed by atoms with Crippen LogP contribution in [0.1, 0.15) is 11.1 Å². The Bertz CT molecular complexity index is 531. The van der Waals surface area contributed by atoms with Gasteiger partial charge in [0.2, 0.25) is 6.41 Å². The molecule has 2 rings (SSSR count). The molecular weight excluding hydrogens is 264 g/mol. The molecule has 0 bridgehead atoms. The molecule has 1 atom stereocenters. The van der Waals surface area contributed by atoms with Gasteiger partial charge in [-0.1, -0.05) is 60.7 Å². The van der Waals surface area contributed by atoms with Gasteiger partial charge in [-0.3, -0.25) is 9.63 Å². The van der Waals surface area contributed by atoms with Crippen molar-refractivity contribution in [1.82, 2.24) is 5.06 Å². The molecule has 1 amide bonds. The Kier molecular flexibility index (Phi) is 5.94. The molecule has 0 radical (unpaired) electrons. The van der Waals surface area contributed by atoms with Crippen LogP contribution in [0.2, 0.25) is 0 Å². The largest absolute Gasteiger partial charge is 0.326 e. The van der Waals surface area contributed by atoms with Gasteiger partial charge in [0.05, 0.1) is 6.54 Å². The maximum atomic E-state index is 11.1. The summed E-state index contributed by atoms with van der Waals surface area (Å²) in [4.78, 5) is 16.5. The van der Waals surface area contributed by atoms with E-state index < -0.39 is 0 Å². The average Bonchev–Trinajstić information content (AvgIpc) is 2.53. The van der Waals surface area contributed by atoms with Crippen LogP contribution >= 0.6 is 0 Å². The Morgan fingerprint density at radius 3 is 2.14 bits per heavy atom. The molecule has 0 saturated heterocycles. The zero-order chi connectivity index (χ0) is 14.9. The molecule has 0 heterocycles. The number of amides is 1. The van der Waals surface area contributed by atoms with Gasteiger partial charge < -0.3 is 5.73 Å². The normalized spacial score (nSPS) is 11.9. The van der Waals surface area contributed by atoms with E-state index in [2.05, 4.69) is 0 Å². The maximum absolute atomic E-state index is 11.1. The SMILES string of the molecule is N[C@H](Cc1ccccc1)CN(C=O)OCc1ccccc1. The summed E-state index contributed by atoms with van der Waals surface area (Å²) in [5, 5.41) is 1.26. The number of carbonyl (C=O) groups is 1. The number of carbonyl (C=O) groups excluding carboxylic acids is 1. The summed E-state index contributed by atoms with van der Waals surface area (Å²) in [7, 11) is 0. The van der Waals surface area contributed by atoms with Gasteiger partial charge in [0, 0.05) is 6.04 Å². The minimum atomic E-state index is -0.159. The monoisotopic (exact) mass is 284 g/mol. The van der Waals surface area contributed by atoms with Crippen LogP contribution in [0, 0.1) is 0 Å². The quantitative estimate of drug-likeness (QED) is 0.597. The molecule has 4 nitrogen and oxygen atoms in total. The van der Waals surface area contributed by atoms with Gasteiger partial charge in [-0.25, -0.2) is 5.06 Å². The third-order valence-corrected chi connectivity index (χ3v) is 3.11. The molecule has 0 spiro atoms. The highest BCUT2D eigenvalue weighted by molar-refractivity contribution is 5.45. The molecule has 21 heavy (non-hydrogen) atoms. The lowest BCUT2D eigenvalue weighted by Crippen LogP contribution is -2.38. The van der Waals surface area contributed by atoms with Crippen LogP contribution in [0.15, 0.2) is 60.7 Å². The van der Waals surface area contributed by atoms with Gasteiger partial charge in [-0.05, 0) is 17.5 Å². The Balaban J connectivity index is 1.80. The zero-order valence-corrected chi connectivity index (χ0v) is 11.9. The zero-order valence-electron chi connectivity index (χ0n) is 11.9. The van der Waals surface area contributed by atoms with Crippen LogP contribution in [-0.4, -0.2) is 24.1 Å². The van der Waals surface area contributed by atoms with E-state index in [1.54, 1.807) is 0 Å². The summed E-state index contributed by atoms with van der Waals surface area (Å²) >= 11 is 0. The van der Waals surface area contributed by atoms with E-state index in [-0.39, 0.29) is 6.04 Å². The van der Waals surface area contributed by atoms with Crippen molar-refractivity contribution in [1.29, 1.82) is 0 Å². The molecule has 2 N–H and O–H groups in total. The van der Waals surface area contributed by atoms with Gasteiger partial charge in [-0.15, -0.1) is 0 Å². The second kappa shape index (κ2) is 8.19. The molecule has 0 unspecified atom stereocenters. The van der Waals surface area contributed by atoms with Crippen molar-refractivity contribution < 1.29 is 9.63 Å². The minimum absolute atomic E-state index is 0.159. The van der Waals surface area contributed by atoms with Crippen LogP contribution in [0.4, 0.5) is 0 Å². The molecule has 0 fully saturated rings. The van der Waals surface area contributed by atoms with E-state index in [0.717, 1.165) is 11.1 Å². The third kappa shape index (κ3) is 5.38. The van der Waals surface area contributed by atoms with Gasteiger partial charge in [-0.2, -0.15) is 0 Å². The van der Waals surface area contributed by atoms with Crippen LogP contribution in [0.5, 0.6) is 0 Å². The lowest BCUT2D eigenvalue weighted by molar-refractivity contribution is -0.178. The van der Waals surface area contributed by atoms with Crippen LogP contribution in [0.25, 0.3) is 0 Å². The predicted octanol–water partition coefficient (Wildman–Crippen LogP) is 2.15. The minimum Gasteiger partial charge on any atom is -0.326 e. The fraction of sp³-hybridized carbons (Fsp3) is 0.235. The highest BCUT2D eigenvalue weighted by Crippen LogP contribution is 2.05. The summed E-state index contributed by atoms with van der Waals surface area (Å²) in [5.41, 5.74) is 8.24. The van der Waals surface area contributed by atoms with Crippen molar-refractivity contribution in [3.05, 3.63) is 71.8 Å². The molecule has 0 aromatic heterocycles. The number of rotatable bonds is 8. The summed E-state index contributed by atoms with van der Waals surface area (Å²) in [6.45, 7) is 0.725. The number of benzene rings is 2. The average molecular weight is 284 g/mol. The molecule has 0 aliphatic heterocycles. The number of nitrogens with two attached hydrogens (primary N) is 1. The molecule has 110 valence electrons. The van der Waals surface area contributed by atoms with E-state index in [9.17, 15) is 4.79 Å². The smallest absolute Gasteiger partial charge is 0.233 e. The molecule has 4 heteroatoms. The van der Waals surface area contributed by atoms with Crippen molar-refractivity contribution >= 4 is 6.41 Å². The molecular formula is C17H20N2O2. The topological polar surface area (TPSA) is 55.6 Å². The van der Waals surface area contributed by atoms with Gasteiger partial charge >= 0.3 is 0 Å². The van der Waals surface area contributed by atoms with Crippen molar-refractivity contribution in [2.75, 3.05) is 6.54 Å². The molecule has 2 aromatic rings. The highest BCUT2D eigenvalue weighted by atomic mass is 16.7. The third-order valence-electron chi connectivity index (χ3n) is 3.11. The van der Waals surface area contributed by atoms with Crippen molar-refractivity contribution in [3.63, 3.8) is 0 Å². The number of nitrogens with zero attached hydrogens (tertiary/aromatic N) is 1. The molecule has 0 saturated carbocycles. The summed E-state index contributed by atoms with van der Waals surface area (Å²) in [5.74, 6) is 0. The number of hydrogen-bond acceptors (Lipinski definition) is 3. The van der Waals surface area contributed by atoms with Crippen LogP contribution in [0.3, 0.4) is 0 Å². The summed E-state index contributed by atoms with van der Waals surface area (Å²) < 4.78 is 0. The number of hydrogen-bond donors (Lipinski definition) is 1. The predicted molar refractivity (Wildman–Crippen MR) is 82.1 cm³/mol. The van der Waals surface area contributed by atoms with Gasteiger partial charge in [0.25, 0.3) is 0 Å².